The molecule has 0 saturated heterocycles. The van der Waals surface area contributed by atoms with Gasteiger partial charge in [-0.05, 0) is 31.4 Å². The maximum Gasteiger partial charge on any atom is 0.216 e. The predicted octanol–water partition coefficient (Wildman–Crippen LogP) is 2.01. The molecule has 0 bridgehead atoms. The van der Waals surface area contributed by atoms with Crippen LogP contribution in [0.15, 0.2) is 12.1 Å². The first-order valence-electron chi connectivity index (χ1n) is 6.77. The van der Waals surface area contributed by atoms with Crippen LogP contribution in [0, 0.1) is 0 Å². The van der Waals surface area contributed by atoms with E-state index in [0.717, 1.165) is 30.6 Å². The molecule has 0 aliphatic carbocycles. The number of ether oxygens (including phenoxy) is 2. The zero-order valence-corrected chi connectivity index (χ0v) is 12.2. The number of rotatable bonds is 4. The highest BCUT2D eigenvalue weighted by Gasteiger charge is 2.32. The van der Waals surface area contributed by atoms with E-state index in [9.17, 15) is 9.90 Å². The molecule has 5 nitrogen and oxygen atoms in total. The van der Waals surface area contributed by atoms with Crippen molar-refractivity contribution in [3.05, 3.63) is 17.7 Å². The maximum atomic E-state index is 10.9. The van der Waals surface area contributed by atoms with E-state index in [2.05, 4.69) is 5.32 Å². The molecule has 5 heteroatoms. The number of aryl methyl sites for hydroxylation is 1. The van der Waals surface area contributed by atoms with Crippen molar-refractivity contribution >= 4 is 5.91 Å². The van der Waals surface area contributed by atoms with Crippen LogP contribution >= 0.6 is 0 Å². The van der Waals surface area contributed by atoms with Gasteiger partial charge >= 0.3 is 0 Å². The van der Waals surface area contributed by atoms with E-state index in [1.807, 2.05) is 6.92 Å². The van der Waals surface area contributed by atoms with Crippen molar-refractivity contribution in [3.63, 3.8) is 0 Å². The molecule has 0 saturated carbocycles. The Morgan fingerprint density at radius 3 is 2.95 bits per heavy atom. The molecule has 1 atom stereocenters. The van der Waals surface area contributed by atoms with Gasteiger partial charge in [-0.25, -0.2) is 0 Å². The van der Waals surface area contributed by atoms with Crippen LogP contribution in [-0.2, 0) is 11.2 Å². The zero-order valence-electron chi connectivity index (χ0n) is 12.2. The quantitative estimate of drug-likeness (QED) is 0.884. The van der Waals surface area contributed by atoms with Crippen LogP contribution in [0.3, 0.4) is 0 Å². The Morgan fingerprint density at radius 2 is 2.30 bits per heavy atom. The minimum absolute atomic E-state index is 0.0311. The molecule has 20 heavy (non-hydrogen) atoms. The first-order chi connectivity index (χ1) is 9.43. The third-order valence-corrected chi connectivity index (χ3v) is 3.67. The number of amides is 1. The van der Waals surface area contributed by atoms with Gasteiger partial charge < -0.3 is 19.9 Å². The van der Waals surface area contributed by atoms with Gasteiger partial charge in [0.1, 0.15) is 11.4 Å². The predicted molar refractivity (Wildman–Crippen MR) is 75.3 cm³/mol. The number of carbonyl (C=O) groups excluding carboxylic acids is 1. The van der Waals surface area contributed by atoms with E-state index in [1.54, 1.807) is 12.1 Å². The Balaban J connectivity index is 2.10. The van der Waals surface area contributed by atoms with Gasteiger partial charge in [0.25, 0.3) is 0 Å². The summed E-state index contributed by atoms with van der Waals surface area (Å²) in [6, 6.07) is 3.42. The van der Waals surface area contributed by atoms with Crippen LogP contribution in [0.5, 0.6) is 17.2 Å². The van der Waals surface area contributed by atoms with Crippen LogP contribution in [0.25, 0.3) is 0 Å². The number of benzene rings is 1. The van der Waals surface area contributed by atoms with E-state index in [-0.39, 0.29) is 17.3 Å². The standard InChI is InChI=1S/C15H21NO4/c1-10(17)16-7-6-15(2)5-4-11-8-12(18)14(19-3)9-13(11)20-15/h8-9,18H,4-7H2,1-3H3,(H,16,17). The number of nitrogens with one attached hydrogen (secondary N) is 1. The molecular weight excluding hydrogens is 258 g/mol. The second-order valence-corrected chi connectivity index (χ2v) is 5.42. The summed E-state index contributed by atoms with van der Waals surface area (Å²) >= 11 is 0. The molecule has 0 fully saturated rings. The Bertz CT molecular complexity index is 515. The van der Waals surface area contributed by atoms with Crippen molar-refractivity contribution < 1.29 is 19.4 Å². The molecule has 1 heterocycles. The van der Waals surface area contributed by atoms with Gasteiger partial charge in [-0.15, -0.1) is 0 Å². The molecule has 0 aromatic heterocycles. The van der Waals surface area contributed by atoms with Crippen molar-refractivity contribution in [1.82, 2.24) is 5.32 Å². The normalized spacial score (nSPS) is 20.8. The summed E-state index contributed by atoms with van der Waals surface area (Å²) < 4.78 is 11.2. The highest BCUT2D eigenvalue weighted by Crippen LogP contribution is 2.41. The molecule has 0 spiro atoms. The van der Waals surface area contributed by atoms with Crippen LogP contribution in [0.2, 0.25) is 0 Å². The molecule has 1 aromatic rings. The Labute approximate surface area is 118 Å². The monoisotopic (exact) mass is 279 g/mol. The van der Waals surface area contributed by atoms with E-state index >= 15 is 0 Å². The van der Waals surface area contributed by atoms with Crippen molar-refractivity contribution in [3.8, 4) is 17.2 Å². The molecule has 1 aromatic carbocycles. The third kappa shape index (κ3) is 3.15. The summed E-state index contributed by atoms with van der Waals surface area (Å²) in [5.41, 5.74) is 0.678. The fourth-order valence-corrected chi connectivity index (χ4v) is 2.44. The van der Waals surface area contributed by atoms with Crippen LogP contribution < -0.4 is 14.8 Å². The minimum Gasteiger partial charge on any atom is -0.504 e. The molecule has 110 valence electrons. The van der Waals surface area contributed by atoms with E-state index in [4.69, 9.17) is 9.47 Å². The fraction of sp³-hybridized carbons (Fsp3) is 0.533. The van der Waals surface area contributed by atoms with E-state index in [1.165, 1.54) is 14.0 Å². The summed E-state index contributed by atoms with van der Waals surface area (Å²) in [4.78, 5) is 10.9. The van der Waals surface area contributed by atoms with Gasteiger partial charge in [0.05, 0.1) is 7.11 Å². The van der Waals surface area contributed by atoms with E-state index < -0.39 is 0 Å². The van der Waals surface area contributed by atoms with Gasteiger partial charge in [0, 0.05) is 26.0 Å². The number of carbonyl (C=O) groups is 1. The second kappa shape index (κ2) is 5.61. The topological polar surface area (TPSA) is 67.8 Å². The lowest BCUT2D eigenvalue weighted by molar-refractivity contribution is -0.119. The number of phenols is 1. The number of aromatic hydroxyl groups is 1. The van der Waals surface area contributed by atoms with Crippen molar-refractivity contribution in [2.45, 2.75) is 38.7 Å². The SMILES string of the molecule is COc1cc2c(cc1O)CCC(C)(CCNC(C)=O)O2. The summed E-state index contributed by atoms with van der Waals surface area (Å²) in [7, 11) is 1.51. The van der Waals surface area contributed by atoms with Gasteiger partial charge in [-0.2, -0.15) is 0 Å². The van der Waals surface area contributed by atoms with Gasteiger partial charge in [-0.3, -0.25) is 4.79 Å². The largest absolute Gasteiger partial charge is 0.504 e. The molecule has 2 N–H and O–H groups in total. The number of hydrogen-bond acceptors (Lipinski definition) is 4. The first-order valence-corrected chi connectivity index (χ1v) is 6.77. The number of fused-ring (bicyclic) bond motifs is 1. The van der Waals surface area contributed by atoms with Crippen molar-refractivity contribution in [1.29, 1.82) is 0 Å². The average Bonchev–Trinajstić information content (AvgIpc) is 2.38. The van der Waals surface area contributed by atoms with Gasteiger partial charge in [-0.1, -0.05) is 0 Å². The lowest BCUT2D eigenvalue weighted by Gasteiger charge is -2.36. The molecule has 1 aliphatic rings. The Morgan fingerprint density at radius 1 is 1.55 bits per heavy atom. The molecule has 1 amide bonds. The molecule has 1 aliphatic heterocycles. The summed E-state index contributed by atoms with van der Waals surface area (Å²) in [6.45, 7) is 4.14. The first kappa shape index (κ1) is 14.5. The molecule has 2 rings (SSSR count). The van der Waals surface area contributed by atoms with Crippen LogP contribution in [0.4, 0.5) is 0 Å². The third-order valence-electron chi connectivity index (χ3n) is 3.67. The number of phenolic OH excluding ortho intramolecular Hbond substituents is 1. The average molecular weight is 279 g/mol. The van der Waals surface area contributed by atoms with Gasteiger partial charge in [0.15, 0.2) is 11.5 Å². The maximum absolute atomic E-state index is 10.9. The minimum atomic E-state index is -0.308. The Kier molecular flexibility index (Phi) is 4.06. The lowest BCUT2D eigenvalue weighted by atomic mass is 9.89. The van der Waals surface area contributed by atoms with Gasteiger partial charge in [0.2, 0.25) is 5.91 Å². The molecular formula is C15H21NO4. The van der Waals surface area contributed by atoms with E-state index in [0.29, 0.717) is 12.3 Å². The zero-order chi connectivity index (χ0) is 14.8. The van der Waals surface area contributed by atoms with Crippen LogP contribution in [0.1, 0.15) is 32.3 Å². The van der Waals surface area contributed by atoms with Crippen molar-refractivity contribution in [2.24, 2.45) is 0 Å². The summed E-state index contributed by atoms with van der Waals surface area (Å²) in [5, 5.41) is 12.6. The van der Waals surface area contributed by atoms with Crippen LogP contribution in [-0.4, -0.2) is 30.3 Å². The Hall–Kier alpha value is -1.91. The summed E-state index contributed by atoms with van der Waals surface area (Å²) in [6.07, 6.45) is 2.43. The second-order valence-electron chi connectivity index (χ2n) is 5.42. The fourth-order valence-electron chi connectivity index (χ4n) is 2.44. The molecule has 1 unspecified atom stereocenters. The smallest absolute Gasteiger partial charge is 0.216 e. The summed E-state index contributed by atoms with van der Waals surface area (Å²) in [5.74, 6) is 1.26. The number of hydrogen-bond donors (Lipinski definition) is 2. The lowest BCUT2D eigenvalue weighted by Crippen LogP contribution is -2.39. The number of methoxy groups -OCH3 is 1. The highest BCUT2D eigenvalue weighted by atomic mass is 16.5. The highest BCUT2D eigenvalue weighted by molar-refractivity contribution is 5.72. The molecule has 0 radical (unpaired) electrons. The van der Waals surface area contributed by atoms with Crippen molar-refractivity contribution in [2.75, 3.05) is 13.7 Å².